The summed E-state index contributed by atoms with van der Waals surface area (Å²) in [4.78, 5) is 8.30. The lowest BCUT2D eigenvalue weighted by molar-refractivity contribution is 0.579. The van der Waals surface area contributed by atoms with Crippen LogP contribution in [-0.4, -0.2) is 33.4 Å². The number of sulfone groups is 1. The molecule has 0 radical (unpaired) electrons. The highest BCUT2D eigenvalue weighted by molar-refractivity contribution is 7.92. The summed E-state index contributed by atoms with van der Waals surface area (Å²) in [6.07, 6.45) is 1.60. The first-order valence-electron chi connectivity index (χ1n) is 6.74. The molecule has 0 aromatic carbocycles. The summed E-state index contributed by atoms with van der Waals surface area (Å²) in [6.45, 7) is 3.24. The number of halogens is 1. The van der Waals surface area contributed by atoms with Crippen LogP contribution < -0.4 is 5.32 Å². The maximum Gasteiger partial charge on any atom is 0.224 e. The summed E-state index contributed by atoms with van der Waals surface area (Å²) in [5, 5.41) is 8.50. The Morgan fingerprint density at radius 2 is 2.09 bits per heavy atom. The lowest BCUT2D eigenvalue weighted by Crippen LogP contribution is -2.16. The van der Waals surface area contributed by atoms with Gasteiger partial charge in [0.25, 0.3) is 0 Å². The third-order valence-corrected chi connectivity index (χ3v) is 6.38. The van der Waals surface area contributed by atoms with Crippen LogP contribution in [0, 0.1) is 0 Å². The number of hydrogen-bond donors (Lipinski definition) is 1. The molecule has 3 aromatic rings. The number of nitrogens with one attached hydrogen (secondary N) is 1. The van der Waals surface area contributed by atoms with Crippen LogP contribution in [0.4, 0.5) is 11.5 Å². The third-order valence-electron chi connectivity index (χ3n) is 3.21. The molecule has 10 heteroatoms. The van der Waals surface area contributed by atoms with Crippen LogP contribution in [-0.2, 0) is 16.9 Å². The number of rotatable bonds is 4. The Morgan fingerprint density at radius 1 is 1.35 bits per heavy atom. The Balaban J connectivity index is 2.12. The number of aryl methyl sites for hydroxylation is 1. The fourth-order valence-corrected chi connectivity index (χ4v) is 4.09. The van der Waals surface area contributed by atoms with Crippen molar-refractivity contribution in [3.8, 4) is 0 Å². The van der Waals surface area contributed by atoms with E-state index in [4.69, 9.17) is 11.6 Å². The molecule has 0 aliphatic carbocycles. The highest BCUT2D eigenvalue weighted by Gasteiger charge is 2.27. The number of fused-ring (bicyclic) bond motifs is 1. The molecule has 0 fully saturated rings. The van der Waals surface area contributed by atoms with Crippen LogP contribution in [0.5, 0.6) is 0 Å². The van der Waals surface area contributed by atoms with Crippen molar-refractivity contribution in [1.82, 2.24) is 19.7 Å². The SMILES string of the molecule is CC(C)S(=O)(=O)c1nn(C)cc1Nc1nc(Cl)nc2ccsc12. The van der Waals surface area contributed by atoms with Crippen LogP contribution in [0.3, 0.4) is 0 Å². The molecule has 7 nitrogen and oxygen atoms in total. The fourth-order valence-electron chi connectivity index (χ4n) is 2.03. The standard InChI is InChI=1S/C13H14ClN5O2S2/c1-7(2)23(20,21)12-9(6-19(3)18-12)15-11-10-8(4-5-22-10)16-13(14)17-11/h4-7H,1-3H3,(H,15,16,17). The first-order valence-corrected chi connectivity index (χ1v) is 9.54. The van der Waals surface area contributed by atoms with E-state index in [0.717, 1.165) is 4.70 Å². The van der Waals surface area contributed by atoms with Gasteiger partial charge in [-0.1, -0.05) is 0 Å². The molecule has 3 heterocycles. The van der Waals surface area contributed by atoms with Gasteiger partial charge in [-0.3, -0.25) is 4.68 Å². The zero-order valence-corrected chi connectivity index (χ0v) is 15.0. The molecule has 3 aromatic heterocycles. The van der Waals surface area contributed by atoms with Gasteiger partial charge >= 0.3 is 0 Å². The molecule has 0 saturated heterocycles. The quantitative estimate of drug-likeness (QED) is 0.709. The van der Waals surface area contributed by atoms with E-state index in [1.54, 1.807) is 27.1 Å². The predicted octanol–water partition coefficient (Wildman–Crippen LogP) is 3.00. The van der Waals surface area contributed by atoms with Crippen molar-refractivity contribution in [3.63, 3.8) is 0 Å². The zero-order valence-electron chi connectivity index (χ0n) is 12.6. The van der Waals surface area contributed by atoms with Crippen LogP contribution in [0.1, 0.15) is 13.8 Å². The molecule has 23 heavy (non-hydrogen) atoms. The topological polar surface area (TPSA) is 89.8 Å². The molecule has 3 rings (SSSR count). The van der Waals surface area contributed by atoms with Crippen molar-refractivity contribution in [3.05, 3.63) is 22.9 Å². The second-order valence-electron chi connectivity index (χ2n) is 5.22. The van der Waals surface area contributed by atoms with E-state index >= 15 is 0 Å². The van der Waals surface area contributed by atoms with E-state index in [1.165, 1.54) is 16.0 Å². The van der Waals surface area contributed by atoms with Gasteiger partial charge in [0.05, 0.1) is 21.2 Å². The van der Waals surface area contributed by atoms with Gasteiger partial charge in [-0.25, -0.2) is 13.4 Å². The number of hydrogen-bond acceptors (Lipinski definition) is 7. The molecule has 0 spiro atoms. The molecule has 0 saturated carbocycles. The van der Waals surface area contributed by atoms with Gasteiger partial charge in [0.2, 0.25) is 20.1 Å². The third kappa shape index (κ3) is 2.91. The summed E-state index contributed by atoms with van der Waals surface area (Å²) >= 11 is 7.38. The number of anilines is 2. The molecule has 0 aliphatic rings. The molecule has 1 N–H and O–H groups in total. The molecular weight excluding hydrogens is 358 g/mol. The summed E-state index contributed by atoms with van der Waals surface area (Å²) in [5.41, 5.74) is 1.07. The first-order chi connectivity index (χ1) is 10.8. The largest absolute Gasteiger partial charge is 0.335 e. The van der Waals surface area contributed by atoms with Crippen molar-refractivity contribution < 1.29 is 8.42 Å². The minimum Gasteiger partial charge on any atom is -0.335 e. The van der Waals surface area contributed by atoms with Gasteiger partial charge in [-0.05, 0) is 36.9 Å². The maximum absolute atomic E-state index is 12.5. The summed E-state index contributed by atoms with van der Waals surface area (Å²) in [7, 11) is -1.86. The normalized spacial score (nSPS) is 12.2. The number of nitrogens with zero attached hydrogens (tertiary/aromatic N) is 4. The number of thiophene rings is 1. The highest BCUT2D eigenvalue weighted by atomic mass is 35.5. The van der Waals surface area contributed by atoms with Gasteiger partial charge in [0.1, 0.15) is 0 Å². The zero-order chi connectivity index (χ0) is 16.8. The molecule has 0 unspecified atom stereocenters. The second kappa shape index (κ2) is 5.73. The Bertz CT molecular complexity index is 978. The fraction of sp³-hybridized carbons (Fsp3) is 0.308. The molecule has 122 valence electrons. The average molecular weight is 372 g/mol. The van der Waals surface area contributed by atoms with Crippen LogP contribution in [0.2, 0.25) is 5.28 Å². The number of aromatic nitrogens is 4. The van der Waals surface area contributed by atoms with Gasteiger partial charge in [0, 0.05) is 13.2 Å². The van der Waals surface area contributed by atoms with Crippen LogP contribution in [0.15, 0.2) is 22.7 Å². The first kappa shape index (κ1) is 16.2. The van der Waals surface area contributed by atoms with E-state index < -0.39 is 15.1 Å². The molecular formula is C13H14ClN5O2S2. The van der Waals surface area contributed by atoms with E-state index in [9.17, 15) is 8.42 Å². The van der Waals surface area contributed by atoms with Crippen molar-refractivity contribution in [1.29, 1.82) is 0 Å². The monoisotopic (exact) mass is 371 g/mol. The lowest BCUT2D eigenvalue weighted by atomic mass is 10.4. The maximum atomic E-state index is 12.5. The van der Waals surface area contributed by atoms with Crippen molar-refractivity contribution in [2.75, 3.05) is 5.32 Å². The van der Waals surface area contributed by atoms with E-state index in [1.807, 2.05) is 11.4 Å². The Kier molecular flexibility index (Phi) is 4.03. The molecule has 0 amide bonds. The average Bonchev–Trinajstić information content (AvgIpc) is 3.05. The minimum atomic E-state index is -3.52. The summed E-state index contributed by atoms with van der Waals surface area (Å²) < 4.78 is 27.2. The van der Waals surface area contributed by atoms with E-state index in [-0.39, 0.29) is 10.3 Å². The van der Waals surface area contributed by atoms with Crippen LogP contribution >= 0.6 is 22.9 Å². The Labute approximate surface area is 142 Å². The van der Waals surface area contributed by atoms with Gasteiger partial charge in [-0.2, -0.15) is 10.1 Å². The van der Waals surface area contributed by atoms with E-state index in [0.29, 0.717) is 17.0 Å². The summed E-state index contributed by atoms with van der Waals surface area (Å²) in [5.74, 6) is 0.461. The van der Waals surface area contributed by atoms with E-state index in [2.05, 4.69) is 20.4 Å². The molecule has 0 aliphatic heterocycles. The van der Waals surface area contributed by atoms with Gasteiger partial charge < -0.3 is 5.32 Å². The Morgan fingerprint density at radius 3 is 2.78 bits per heavy atom. The smallest absolute Gasteiger partial charge is 0.224 e. The molecule has 0 atom stereocenters. The van der Waals surface area contributed by atoms with Gasteiger partial charge in [-0.15, -0.1) is 11.3 Å². The van der Waals surface area contributed by atoms with Gasteiger partial charge in [0.15, 0.2) is 5.82 Å². The van der Waals surface area contributed by atoms with Crippen molar-refractivity contribution in [2.45, 2.75) is 24.1 Å². The minimum absolute atomic E-state index is 0.00515. The predicted molar refractivity (Wildman–Crippen MR) is 91.2 cm³/mol. The lowest BCUT2D eigenvalue weighted by Gasteiger charge is -2.09. The second-order valence-corrected chi connectivity index (χ2v) is 8.89. The highest BCUT2D eigenvalue weighted by Crippen LogP contribution is 2.32. The molecule has 0 bridgehead atoms. The van der Waals surface area contributed by atoms with Crippen LogP contribution in [0.25, 0.3) is 10.2 Å². The van der Waals surface area contributed by atoms with Crippen molar-refractivity contribution >= 4 is 54.5 Å². The Hall–Kier alpha value is -1.71. The summed E-state index contributed by atoms with van der Waals surface area (Å²) in [6, 6.07) is 1.83. The van der Waals surface area contributed by atoms with Crippen molar-refractivity contribution in [2.24, 2.45) is 7.05 Å².